The second kappa shape index (κ2) is 2.69. The number of nitro groups is 1. The minimum atomic E-state index is -0.510. The molecule has 0 radical (unpaired) electrons. The van der Waals surface area contributed by atoms with Crippen LogP contribution in [0.25, 0.3) is 0 Å². The van der Waals surface area contributed by atoms with Crippen molar-refractivity contribution in [3.63, 3.8) is 0 Å². The molecule has 1 aromatic carbocycles. The van der Waals surface area contributed by atoms with Crippen LogP contribution in [0.2, 0.25) is 0 Å². The first-order valence-corrected chi connectivity index (χ1v) is 3.32. The molecule has 0 bridgehead atoms. The molecule has 64 valence electrons. The molecule has 12 heavy (non-hydrogen) atoms. The summed E-state index contributed by atoms with van der Waals surface area (Å²) in [5.74, 6) is 0. The molecule has 0 fully saturated rings. The van der Waals surface area contributed by atoms with E-state index in [1.165, 1.54) is 12.1 Å². The van der Waals surface area contributed by atoms with Gasteiger partial charge in [-0.25, -0.2) is 0 Å². The number of aryl methyl sites for hydroxylation is 1. The van der Waals surface area contributed by atoms with Crippen LogP contribution in [0.5, 0.6) is 0 Å². The van der Waals surface area contributed by atoms with E-state index in [1.807, 2.05) is 0 Å². The van der Waals surface area contributed by atoms with Crippen LogP contribution >= 0.6 is 0 Å². The third-order valence-electron chi connectivity index (χ3n) is 1.53. The quantitative estimate of drug-likeness (QED) is 0.371. The Kier molecular flexibility index (Phi) is 1.86. The number of benzene rings is 1. The first kappa shape index (κ1) is 8.32. The van der Waals surface area contributed by atoms with Crippen molar-refractivity contribution in [2.24, 2.45) is 0 Å². The third-order valence-corrected chi connectivity index (χ3v) is 1.53. The largest absolute Gasteiger partial charge is 0.399 e. The summed E-state index contributed by atoms with van der Waals surface area (Å²) in [5, 5.41) is 10.4. The lowest BCUT2D eigenvalue weighted by Crippen LogP contribution is -1.99. The normalized spacial score (nSPS) is 9.75. The molecule has 0 atom stereocenters. The zero-order valence-electron chi connectivity index (χ0n) is 6.57. The predicted molar refractivity (Wildman–Crippen MR) is 46.7 cm³/mol. The fourth-order valence-electron chi connectivity index (χ4n) is 1.09. The molecule has 0 amide bonds. The van der Waals surface area contributed by atoms with Gasteiger partial charge in [0.2, 0.25) is 0 Å². The molecule has 0 aliphatic heterocycles. The third kappa shape index (κ3) is 1.29. The van der Waals surface area contributed by atoms with Crippen molar-refractivity contribution in [1.29, 1.82) is 0 Å². The van der Waals surface area contributed by atoms with Gasteiger partial charge in [0.25, 0.3) is 5.69 Å². The molecule has 0 heterocycles. The zero-order valence-corrected chi connectivity index (χ0v) is 6.57. The van der Waals surface area contributed by atoms with Crippen LogP contribution in [0.4, 0.5) is 17.1 Å². The van der Waals surface area contributed by atoms with Gasteiger partial charge in [-0.3, -0.25) is 10.1 Å². The minimum absolute atomic E-state index is 0.0656. The molecule has 1 aromatic rings. The first-order chi connectivity index (χ1) is 5.52. The lowest BCUT2D eigenvalue weighted by Gasteiger charge is -2.01. The predicted octanol–water partition coefficient (Wildman–Crippen LogP) is 1.07. The van der Waals surface area contributed by atoms with Crippen molar-refractivity contribution in [2.75, 3.05) is 11.5 Å². The number of rotatable bonds is 1. The SMILES string of the molecule is Cc1cc(N)cc(N)c1[N+](=O)[O-]. The highest BCUT2D eigenvalue weighted by Crippen LogP contribution is 2.27. The smallest absolute Gasteiger partial charge is 0.295 e. The van der Waals surface area contributed by atoms with Gasteiger partial charge < -0.3 is 11.5 Å². The van der Waals surface area contributed by atoms with E-state index in [2.05, 4.69) is 0 Å². The minimum Gasteiger partial charge on any atom is -0.399 e. The number of nitrogens with zero attached hydrogens (tertiary/aromatic N) is 1. The van der Waals surface area contributed by atoms with Gasteiger partial charge in [0.05, 0.1) is 4.92 Å². The molecule has 0 saturated carbocycles. The van der Waals surface area contributed by atoms with E-state index in [4.69, 9.17) is 11.5 Å². The lowest BCUT2D eigenvalue weighted by molar-refractivity contribution is -0.384. The van der Waals surface area contributed by atoms with E-state index in [9.17, 15) is 10.1 Å². The van der Waals surface area contributed by atoms with Gasteiger partial charge in [-0.2, -0.15) is 0 Å². The van der Waals surface area contributed by atoms with Crippen LogP contribution in [0.1, 0.15) is 5.56 Å². The zero-order chi connectivity index (χ0) is 9.30. The average Bonchev–Trinajstić information content (AvgIpc) is 1.82. The fraction of sp³-hybridized carbons (Fsp3) is 0.143. The Morgan fingerprint density at radius 1 is 1.42 bits per heavy atom. The summed E-state index contributed by atoms with van der Waals surface area (Å²) in [6, 6.07) is 2.90. The van der Waals surface area contributed by atoms with Crippen molar-refractivity contribution in [1.82, 2.24) is 0 Å². The van der Waals surface area contributed by atoms with Crippen LogP contribution in [-0.2, 0) is 0 Å². The number of hydrogen-bond donors (Lipinski definition) is 2. The molecule has 1 rings (SSSR count). The van der Waals surface area contributed by atoms with E-state index in [0.717, 1.165) is 0 Å². The molecular formula is C7H9N3O2. The second-order valence-electron chi connectivity index (χ2n) is 2.53. The standard InChI is InChI=1S/C7H9N3O2/c1-4-2-5(8)3-6(9)7(4)10(11)12/h2-3H,8-9H2,1H3. The van der Waals surface area contributed by atoms with E-state index in [1.54, 1.807) is 6.92 Å². The molecule has 0 aromatic heterocycles. The van der Waals surface area contributed by atoms with Crippen LogP contribution in [0.3, 0.4) is 0 Å². The van der Waals surface area contributed by atoms with Gasteiger partial charge in [0.1, 0.15) is 5.69 Å². The number of hydrogen-bond acceptors (Lipinski definition) is 4. The molecule has 0 spiro atoms. The highest BCUT2D eigenvalue weighted by atomic mass is 16.6. The second-order valence-corrected chi connectivity index (χ2v) is 2.53. The molecule has 0 saturated heterocycles. The Morgan fingerprint density at radius 3 is 2.42 bits per heavy atom. The van der Waals surface area contributed by atoms with E-state index >= 15 is 0 Å². The molecule has 5 nitrogen and oxygen atoms in total. The number of nitrogen functional groups attached to an aromatic ring is 2. The van der Waals surface area contributed by atoms with Gasteiger partial charge in [0.15, 0.2) is 0 Å². The lowest BCUT2D eigenvalue weighted by atomic mass is 10.1. The monoisotopic (exact) mass is 167 g/mol. The molecule has 4 N–H and O–H groups in total. The summed E-state index contributed by atoms with van der Waals surface area (Å²) in [7, 11) is 0. The maximum atomic E-state index is 10.4. The topological polar surface area (TPSA) is 95.2 Å². The fourth-order valence-corrected chi connectivity index (χ4v) is 1.09. The summed E-state index contributed by atoms with van der Waals surface area (Å²) in [5.41, 5.74) is 11.8. The van der Waals surface area contributed by atoms with Crippen molar-refractivity contribution in [3.05, 3.63) is 27.8 Å². The molecule has 0 aliphatic rings. The average molecular weight is 167 g/mol. The van der Waals surface area contributed by atoms with Crippen molar-refractivity contribution < 1.29 is 4.92 Å². The Morgan fingerprint density at radius 2 is 2.00 bits per heavy atom. The first-order valence-electron chi connectivity index (χ1n) is 3.32. The summed E-state index contributed by atoms with van der Waals surface area (Å²) in [6.07, 6.45) is 0. The summed E-state index contributed by atoms with van der Waals surface area (Å²) in [6.45, 7) is 1.60. The summed E-state index contributed by atoms with van der Waals surface area (Å²) < 4.78 is 0. The highest BCUT2D eigenvalue weighted by Gasteiger charge is 2.14. The number of nitrogens with two attached hydrogens (primary N) is 2. The van der Waals surface area contributed by atoms with Crippen LogP contribution < -0.4 is 11.5 Å². The van der Waals surface area contributed by atoms with Crippen LogP contribution in [0.15, 0.2) is 12.1 Å². The maximum absolute atomic E-state index is 10.4. The van der Waals surface area contributed by atoms with Crippen molar-refractivity contribution in [2.45, 2.75) is 6.92 Å². The molecule has 0 unspecified atom stereocenters. The van der Waals surface area contributed by atoms with E-state index in [-0.39, 0.29) is 11.4 Å². The van der Waals surface area contributed by atoms with E-state index < -0.39 is 4.92 Å². The van der Waals surface area contributed by atoms with Crippen LogP contribution in [-0.4, -0.2) is 4.92 Å². The Labute approximate surface area is 69.1 Å². The van der Waals surface area contributed by atoms with Crippen molar-refractivity contribution >= 4 is 17.1 Å². The van der Waals surface area contributed by atoms with Crippen molar-refractivity contribution in [3.8, 4) is 0 Å². The Bertz CT molecular complexity index is 312. The summed E-state index contributed by atoms with van der Waals surface area (Å²) >= 11 is 0. The number of anilines is 2. The maximum Gasteiger partial charge on any atom is 0.295 e. The molecular weight excluding hydrogens is 158 g/mol. The molecule has 0 aliphatic carbocycles. The van der Waals surface area contributed by atoms with Gasteiger partial charge >= 0.3 is 0 Å². The molecule has 5 heteroatoms. The van der Waals surface area contributed by atoms with Gasteiger partial charge in [0, 0.05) is 11.3 Å². The Hall–Kier alpha value is -1.78. The van der Waals surface area contributed by atoms with E-state index in [0.29, 0.717) is 11.3 Å². The number of nitro benzene ring substituents is 1. The highest BCUT2D eigenvalue weighted by molar-refractivity contribution is 5.68. The van der Waals surface area contributed by atoms with Gasteiger partial charge in [-0.05, 0) is 19.1 Å². The van der Waals surface area contributed by atoms with Crippen LogP contribution in [0, 0.1) is 17.0 Å². The Balaban J connectivity index is 3.38. The van der Waals surface area contributed by atoms with Gasteiger partial charge in [-0.1, -0.05) is 0 Å². The summed E-state index contributed by atoms with van der Waals surface area (Å²) in [4.78, 5) is 9.93. The van der Waals surface area contributed by atoms with Gasteiger partial charge in [-0.15, -0.1) is 0 Å².